The first-order valence-corrected chi connectivity index (χ1v) is 21.0. The van der Waals surface area contributed by atoms with Crippen LogP contribution >= 0.6 is 0 Å². The van der Waals surface area contributed by atoms with E-state index in [0.717, 1.165) is 19.4 Å². The first-order chi connectivity index (χ1) is 29.7. The van der Waals surface area contributed by atoms with Crippen molar-refractivity contribution in [3.63, 3.8) is 0 Å². The Hall–Kier alpha value is -6.14. The third-order valence-electron chi connectivity index (χ3n) is 11.0. The van der Waals surface area contributed by atoms with Crippen molar-refractivity contribution in [1.82, 2.24) is 20.9 Å². The zero-order valence-electron chi connectivity index (χ0n) is 37.7. The summed E-state index contributed by atoms with van der Waals surface area (Å²) in [5.41, 5.74) is 4.49. The van der Waals surface area contributed by atoms with Crippen molar-refractivity contribution in [3.05, 3.63) is 97.1 Å². The molecule has 0 aromatic heterocycles. The van der Waals surface area contributed by atoms with Crippen LogP contribution in [-0.2, 0) is 38.2 Å². The van der Waals surface area contributed by atoms with Crippen LogP contribution in [0.3, 0.4) is 0 Å². The minimum atomic E-state index is -1.11. The Labute approximate surface area is 370 Å². The Morgan fingerprint density at radius 1 is 0.905 bits per heavy atom. The number of amides is 3. The van der Waals surface area contributed by atoms with Gasteiger partial charge in [-0.25, -0.2) is 14.4 Å². The average molecular weight is 873 g/mol. The van der Waals surface area contributed by atoms with Gasteiger partial charge in [-0.2, -0.15) is 19.2 Å². The quantitative estimate of drug-likeness (QED) is 0.197. The zero-order valence-corrected chi connectivity index (χ0v) is 37.7. The average Bonchev–Trinajstić information content (AvgIpc) is 3.97. The van der Waals surface area contributed by atoms with E-state index in [2.05, 4.69) is 80.2 Å². The van der Waals surface area contributed by atoms with Gasteiger partial charge in [0.05, 0.1) is 6.04 Å². The minimum Gasteiger partial charge on any atom is -0.480 e. The van der Waals surface area contributed by atoms with Crippen LogP contribution in [0, 0.1) is 17.3 Å². The largest absolute Gasteiger partial charge is 0.480 e. The van der Waals surface area contributed by atoms with Crippen molar-refractivity contribution >= 4 is 36.4 Å². The van der Waals surface area contributed by atoms with Crippen molar-refractivity contribution in [2.24, 2.45) is 17.3 Å². The second-order valence-electron chi connectivity index (χ2n) is 17.7. The van der Waals surface area contributed by atoms with Crippen molar-refractivity contribution in [2.75, 3.05) is 13.2 Å². The standard InChI is InChI=1S/C25H26N2O3.C11H19NO4.C10H19N.2CO2/c1-16-12-13-17-7-6-14-27(17)24(28)23(16)26-25(29)30-15-22-20-10-4-2-8-18(20)19-9-3-5-11-21(19)22;1-6-7(2)8(9(13)14)12-10(15)16-11(3,4)5;1-5-8-6-7-9(11-8)10(2,3)4;2*2-1-3/h2-5,8-13,16-17,22-23H,6-7,14-15H2,1H3,(H,26,29);6-8H,1H2,2-5H3,(H,12,15)(H,13,14);5,8-9,11H,1,6-7H2,2-4H3;;/t16-,17+,23-;7-,8+;8-,9-;;/m000../s1. The van der Waals surface area contributed by atoms with Crippen molar-refractivity contribution in [2.45, 2.75) is 123 Å². The molecule has 0 radical (unpaired) electrons. The van der Waals surface area contributed by atoms with Crippen molar-refractivity contribution in [3.8, 4) is 11.1 Å². The molecule has 3 heterocycles. The van der Waals surface area contributed by atoms with Gasteiger partial charge in [0.25, 0.3) is 0 Å². The summed E-state index contributed by atoms with van der Waals surface area (Å²) in [5, 5.41) is 17.6. The summed E-state index contributed by atoms with van der Waals surface area (Å²) in [7, 11) is 0. The van der Waals surface area contributed by atoms with Gasteiger partial charge in [-0.1, -0.05) is 107 Å². The second-order valence-corrected chi connectivity index (χ2v) is 17.7. The molecule has 7 atom stereocenters. The second kappa shape index (κ2) is 25.1. The van der Waals surface area contributed by atoms with Crippen LogP contribution in [0.15, 0.2) is 86.0 Å². The van der Waals surface area contributed by atoms with Crippen LogP contribution in [0.5, 0.6) is 0 Å². The summed E-state index contributed by atoms with van der Waals surface area (Å²) >= 11 is 0. The monoisotopic (exact) mass is 872 g/mol. The lowest BCUT2D eigenvalue weighted by Crippen LogP contribution is -2.51. The van der Waals surface area contributed by atoms with Gasteiger partial charge in [-0.15, -0.1) is 13.2 Å². The minimum absolute atomic E-state index is 0.00765. The lowest BCUT2D eigenvalue weighted by molar-refractivity contribution is -0.193. The highest BCUT2D eigenvalue weighted by atomic mass is 16.6. The van der Waals surface area contributed by atoms with E-state index in [9.17, 15) is 19.2 Å². The number of ether oxygens (including phenoxy) is 2. The van der Waals surface area contributed by atoms with E-state index in [1.807, 2.05) is 48.2 Å². The van der Waals surface area contributed by atoms with Crippen molar-refractivity contribution in [1.29, 1.82) is 0 Å². The Balaban J connectivity index is 0.000000347. The summed E-state index contributed by atoms with van der Waals surface area (Å²) in [6, 6.07) is 16.3. The molecule has 2 fully saturated rings. The van der Waals surface area contributed by atoms with Gasteiger partial charge >= 0.3 is 30.5 Å². The number of rotatable bonds is 8. The number of carboxylic acids is 1. The molecule has 15 heteroatoms. The lowest BCUT2D eigenvalue weighted by Gasteiger charge is -2.27. The first kappa shape index (κ1) is 53.0. The van der Waals surface area contributed by atoms with E-state index in [0.29, 0.717) is 17.5 Å². The number of nitrogens with zero attached hydrogens (tertiary/aromatic N) is 1. The molecule has 2 aromatic rings. The molecule has 6 rings (SSSR count). The molecular weight excluding hydrogens is 809 g/mol. The molecule has 2 aromatic carbocycles. The molecule has 2 saturated heterocycles. The fourth-order valence-electron chi connectivity index (χ4n) is 7.67. The number of aliphatic carboxylic acids is 1. The summed E-state index contributed by atoms with van der Waals surface area (Å²) < 4.78 is 10.6. The van der Waals surface area contributed by atoms with E-state index in [1.54, 1.807) is 27.7 Å². The van der Waals surface area contributed by atoms with Crippen LogP contribution in [0.25, 0.3) is 11.1 Å². The molecule has 0 bridgehead atoms. The molecule has 3 aliphatic heterocycles. The summed E-state index contributed by atoms with van der Waals surface area (Å²) in [6.45, 7) is 23.9. The van der Waals surface area contributed by atoms with Gasteiger partial charge in [-0.3, -0.25) is 4.79 Å². The number of nitrogens with one attached hydrogen (secondary N) is 3. The number of fused-ring (bicyclic) bond motifs is 4. The molecule has 4 aliphatic rings. The number of hydrogen-bond donors (Lipinski definition) is 4. The van der Waals surface area contributed by atoms with Gasteiger partial charge in [0, 0.05) is 36.4 Å². The van der Waals surface area contributed by atoms with Gasteiger partial charge in [-0.05, 0) is 74.1 Å². The molecule has 1 aliphatic carbocycles. The number of alkyl carbamates (subject to hydrolysis) is 2. The van der Waals surface area contributed by atoms with Crippen LogP contribution in [-0.4, -0.2) is 95.3 Å². The Kier molecular flexibility index (Phi) is 21.1. The molecule has 4 N–H and O–H groups in total. The molecular formula is C48H64N4O11. The highest BCUT2D eigenvalue weighted by Crippen LogP contribution is 2.44. The molecule has 15 nitrogen and oxygen atoms in total. The fourth-order valence-corrected chi connectivity index (χ4v) is 7.67. The maximum Gasteiger partial charge on any atom is 0.408 e. The third-order valence-corrected chi connectivity index (χ3v) is 11.0. The Morgan fingerprint density at radius 2 is 1.46 bits per heavy atom. The van der Waals surface area contributed by atoms with Crippen molar-refractivity contribution < 1.29 is 52.9 Å². The number of hydrogen-bond acceptors (Lipinski definition) is 11. The summed E-state index contributed by atoms with van der Waals surface area (Å²) in [4.78, 5) is 82.3. The summed E-state index contributed by atoms with van der Waals surface area (Å²) in [5.74, 6) is -1.55. The van der Waals surface area contributed by atoms with E-state index < -0.39 is 35.8 Å². The molecule has 63 heavy (non-hydrogen) atoms. The maximum absolute atomic E-state index is 13.0. The number of carbonyl (C=O) groups excluding carboxylic acids is 7. The Morgan fingerprint density at radius 3 is 1.92 bits per heavy atom. The van der Waals surface area contributed by atoms with Gasteiger partial charge in [0.2, 0.25) is 5.91 Å². The zero-order chi connectivity index (χ0) is 47.5. The highest BCUT2D eigenvalue weighted by molar-refractivity contribution is 5.87. The van der Waals surface area contributed by atoms with E-state index in [4.69, 9.17) is 33.8 Å². The van der Waals surface area contributed by atoms with Gasteiger partial charge in [0.1, 0.15) is 24.3 Å². The van der Waals surface area contributed by atoms with Crippen LogP contribution in [0.1, 0.15) is 98.1 Å². The lowest BCUT2D eigenvalue weighted by atomic mass is 9.86. The molecule has 0 saturated carbocycles. The number of benzene rings is 2. The molecule has 0 unspecified atom stereocenters. The SMILES string of the molecule is C=C[C@H](C)[C@@H](NC(=O)OC(C)(C)C)C(=O)O.C=C[C@H]1CC[C@@H](C(C)(C)C)N1.C[C@H]1C=C[C@H]2CCCN2C(=O)[C@H]1NC(=O)OCC1c2ccccc2-c2ccccc21.O=C=O.O=C=O. The Bertz CT molecular complexity index is 1910. The molecule has 342 valence electrons. The van der Waals surface area contributed by atoms with Crippen LogP contribution in [0.4, 0.5) is 9.59 Å². The number of carboxylic acid groups (broad SMARTS) is 1. The van der Waals surface area contributed by atoms with E-state index in [-0.39, 0.29) is 48.6 Å². The predicted octanol–water partition coefficient (Wildman–Crippen LogP) is 7.05. The normalized spacial score (nSPS) is 21.4. The molecule has 3 amide bonds. The van der Waals surface area contributed by atoms with Crippen LogP contribution < -0.4 is 16.0 Å². The maximum atomic E-state index is 13.0. The van der Waals surface area contributed by atoms with Gasteiger partial charge in [0.15, 0.2) is 0 Å². The number of carbonyl (C=O) groups is 4. The smallest absolute Gasteiger partial charge is 0.408 e. The molecule has 0 spiro atoms. The first-order valence-electron chi connectivity index (χ1n) is 21.0. The highest BCUT2D eigenvalue weighted by Gasteiger charge is 2.38. The van der Waals surface area contributed by atoms with Crippen LogP contribution in [0.2, 0.25) is 0 Å². The predicted molar refractivity (Wildman–Crippen MR) is 235 cm³/mol. The van der Waals surface area contributed by atoms with E-state index >= 15 is 0 Å². The van der Waals surface area contributed by atoms with Gasteiger partial charge < -0.3 is 35.4 Å². The third kappa shape index (κ3) is 16.2. The fraction of sp³-hybridized carbons (Fsp3) is 0.500. The topological polar surface area (TPSA) is 215 Å². The van der Waals surface area contributed by atoms with E-state index in [1.165, 1.54) is 41.2 Å². The summed E-state index contributed by atoms with van der Waals surface area (Å²) in [6.07, 6.45) is 11.4.